The number of rotatable bonds is 2. The summed E-state index contributed by atoms with van der Waals surface area (Å²) in [7, 11) is 0. The predicted octanol–water partition coefficient (Wildman–Crippen LogP) is 2.06. The first-order chi connectivity index (χ1) is 8.56. The molecule has 2 rings (SSSR count). The van der Waals surface area contributed by atoms with E-state index in [2.05, 4.69) is 49.2 Å². The molecule has 1 atom stereocenters. The van der Waals surface area contributed by atoms with Gasteiger partial charge < -0.3 is 10.6 Å². The molecule has 1 heterocycles. The van der Waals surface area contributed by atoms with Crippen LogP contribution < -0.4 is 10.6 Å². The van der Waals surface area contributed by atoms with Gasteiger partial charge in [0.2, 0.25) is 5.91 Å². The molecule has 1 saturated heterocycles. The fourth-order valence-electron chi connectivity index (χ4n) is 1.79. The van der Waals surface area contributed by atoms with E-state index in [9.17, 15) is 9.59 Å². The second-order valence-corrected chi connectivity index (χ2v) is 6.22. The molecule has 4 nitrogen and oxygen atoms in total. The number of carbonyl (C=O) groups excluding carboxylic acids is 2. The van der Waals surface area contributed by atoms with Crippen molar-refractivity contribution < 1.29 is 9.59 Å². The van der Waals surface area contributed by atoms with Gasteiger partial charge in [-0.15, -0.1) is 0 Å². The van der Waals surface area contributed by atoms with Crippen LogP contribution in [0.5, 0.6) is 0 Å². The SMILES string of the molecule is O=C1CCC(NC(=O)c2cc(Br)ccc2I)CN1. The Hall–Kier alpha value is -0.630. The van der Waals surface area contributed by atoms with E-state index in [4.69, 9.17) is 0 Å². The van der Waals surface area contributed by atoms with Crippen molar-refractivity contribution in [2.75, 3.05) is 6.54 Å². The van der Waals surface area contributed by atoms with Crippen LogP contribution in [0.3, 0.4) is 0 Å². The third-order valence-corrected chi connectivity index (χ3v) is 4.21. The average Bonchev–Trinajstić information content (AvgIpc) is 2.35. The zero-order valence-electron chi connectivity index (χ0n) is 9.50. The molecular weight excluding hydrogens is 411 g/mol. The molecule has 2 amide bonds. The molecule has 18 heavy (non-hydrogen) atoms. The van der Waals surface area contributed by atoms with Crippen molar-refractivity contribution in [3.63, 3.8) is 0 Å². The first kappa shape index (κ1) is 13.8. The van der Waals surface area contributed by atoms with Crippen LogP contribution in [0.4, 0.5) is 0 Å². The lowest BCUT2D eigenvalue weighted by atomic mass is 10.1. The Morgan fingerprint density at radius 2 is 2.28 bits per heavy atom. The van der Waals surface area contributed by atoms with E-state index < -0.39 is 0 Å². The maximum Gasteiger partial charge on any atom is 0.252 e. The van der Waals surface area contributed by atoms with Gasteiger partial charge >= 0.3 is 0 Å². The van der Waals surface area contributed by atoms with Crippen molar-refractivity contribution >= 4 is 50.3 Å². The van der Waals surface area contributed by atoms with Crippen molar-refractivity contribution in [2.24, 2.45) is 0 Å². The van der Waals surface area contributed by atoms with Gasteiger partial charge in [0.1, 0.15) is 0 Å². The third kappa shape index (κ3) is 3.44. The van der Waals surface area contributed by atoms with Gasteiger partial charge in [-0.25, -0.2) is 0 Å². The highest BCUT2D eigenvalue weighted by molar-refractivity contribution is 14.1. The Balaban J connectivity index is 2.03. The van der Waals surface area contributed by atoms with E-state index in [0.717, 1.165) is 8.04 Å². The van der Waals surface area contributed by atoms with Crippen LogP contribution in [0, 0.1) is 3.57 Å². The van der Waals surface area contributed by atoms with Crippen LogP contribution >= 0.6 is 38.5 Å². The molecule has 1 aromatic rings. The van der Waals surface area contributed by atoms with Gasteiger partial charge in [0, 0.05) is 27.1 Å². The van der Waals surface area contributed by atoms with E-state index in [1.807, 2.05) is 12.1 Å². The molecular formula is C12H12BrIN2O2. The summed E-state index contributed by atoms with van der Waals surface area (Å²) in [5, 5.41) is 5.69. The van der Waals surface area contributed by atoms with E-state index in [0.29, 0.717) is 24.9 Å². The van der Waals surface area contributed by atoms with Crippen molar-refractivity contribution in [1.82, 2.24) is 10.6 Å². The second kappa shape index (κ2) is 6.01. The Morgan fingerprint density at radius 3 is 2.94 bits per heavy atom. The number of hydrogen-bond donors (Lipinski definition) is 2. The number of halogens is 2. The molecule has 0 aromatic heterocycles. The van der Waals surface area contributed by atoms with Gasteiger partial charge in [0.25, 0.3) is 5.91 Å². The zero-order valence-corrected chi connectivity index (χ0v) is 13.2. The molecule has 0 aliphatic carbocycles. The Kier molecular flexibility index (Phi) is 4.60. The lowest BCUT2D eigenvalue weighted by molar-refractivity contribution is -0.122. The monoisotopic (exact) mass is 422 g/mol. The molecule has 6 heteroatoms. The number of amides is 2. The van der Waals surface area contributed by atoms with Crippen LogP contribution in [-0.2, 0) is 4.79 Å². The molecule has 1 aliphatic rings. The third-order valence-electron chi connectivity index (χ3n) is 2.77. The van der Waals surface area contributed by atoms with Gasteiger partial charge in [0.15, 0.2) is 0 Å². The first-order valence-corrected chi connectivity index (χ1v) is 7.46. The van der Waals surface area contributed by atoms with Gasteiger partial charge in [-0.1, -0.05) is 15.9 Å². The minimum Gasteiger partial charge on any atom is -0.354 e. The molecule has 2 N–H and O–H groups in total. The maximum absolute atomic E-state index is 12.1. The molecule has 1 aromatic carbocycles. The number of carbonyl (C=O) groups is 2. The Morgan fingerprint density at radius 1 is 1.50 bits per heavy atom. The average molecular weight is 423 g/mol. The zero-order chi connectivity index (χ0) is 13.1. The number of hydrogen-bond acceptors (Lipinski definition) is 2. The second-order valence-electron chi connectivity index (χ2n) is 4.14. The van der Waals surface area contributed by atoms with Crippen molar-refractivity contribution in [3.05, 3.63) is 31.8 Å². The summed E-state index contributed by atoms with van der Waals surface area (Å²) in [5.74, 6) is -0.0422. The summed E-state index contributed by atoms with van der Waals surface area (Å²) in [5.41, 5.74) is 0.655. The quantitative estimate of drug-likeness (QED) is 0.717. The van der Waals surface area contributed by atoms with E-state index in [1.54, 1.807) is 6.07 Å². The predicted molar refractivity (Wildman–Crippen MR) is 80.4 cm³/mol. The summed E-state index contributed by atoms with van der Waals surface area (Å²) in [6, 6.07) is 5.62. The van der Waals surface area contributed by atoms with Crippen LogP contribution in [0.15, 0.2) is 22.7 Å². The largest absolute Gasteiger partial charge is 0.354 e. The summed E-state index contributed by atoms with van der Waals surface area (Å²) >= 11 is 5.50. The van der Waals surface area contributed by atoms with Crippen LogP contribution in [0.1, 0.15) is 23.2 Å². The fraction of sp³-hybridized carbons (Fsp3) is 0.333. The summed E-state index contributed by atoms with van der Waals surface area (Å²) < 4.78 is 1.79. The van der Waals surface area contributed by atoms with Gasteiger partial charge in [0.05, 0.1) is 5.56 Å². The van der Waals surface area contributed by atoms with Crippen molar-refractivity contribution in [3.8, 4) is 0 Å². The smallest absolute Gasteiger partial charge is 0.252 e. The standard InChI is InChI=1S/C12H12BrIN2O2/c13-7-1-3-10(14)9(5-7)12(18)16-8-2-4-11(17)15-6-8/h1,3,5,8H,2,4,6H2,(H,15,17)(H,16,18). The fourth-order valence-corrected chi connectivity index (χ4v) is 2.73. The minimum atomic E-state index is -0.0955. The first-order valence-electron chi connectivity index (χ1n) is 5.59. The topological polar surface area (TPSA) is 58.2 Å². The molecule has 1 unspecified atom stereocenters. The molecule has 0 spiro atoms. The van der Waals surface area contributed by atoms with Gasteiger partial charge in [-0.2, -0.15) is 0 Å². The number of piperidine rings is 1. The highest BCUT2D eigenvalue weighted by Gasteiger charge is 2.21. The van der Waals surface area contributed by atoms with Crippen LogP contribution in [0.25, 0.3) is 0 Å². The summed E-state index contributed by atoms with van der Waals surface area (Å²) in [6.45, 7) is 0.509. The van der Waals surface area contributed by atoms with Crippen molar-refractivity contribution in [2.45, 2.75) is 18.9 Å². The highest BCUT2D eigenvalue weighted by atomic mass is 127. The Labute approximate surface area is 127 Å². The summed E-state index contributed by atoms with van der Waals surface area (Å²) in [4.78, 5) is 23.1. The minimum absolute atomic E-state index is 0.0185. The Bertz CT molecular complexity index is 483. The lowest BCUT2D eigenvalue weighted by Gasteiger charge is -2.23. The van der Waals surface area contributed by atoms with E-state index >= 15 is 0 Å². The molecule has 96 valence electrons. The number of benzene rings is 1. The van der Waals surface area contributed by atoms with Gasteiger partial charge in [-0.3, -0.25) is 9.59 Å². The molecule has 1 fully saturated rings. The maximum atomic E-state index is 12.1. The molecule has 0 bridgehead atoms. The van der Waals surface area contributed by atoms with Gasteiger partial charge in [-0.05, 0) is 47.2 Å². The van der Waals surface area contributed by atoms with Crippen LogP contribution in [0.2, 0.25) is 0 Å². The van der Waals surface area contributed by atoms with Crippen molar-refractivity contribution in [1.29, 1.82) is 0 Å². The molecule has 0 saturated carbocycles. The number of nitrogens with one attached hydrogen (secondary N) is 2. The van der Waals surface area contributed by atoms with Crippen LogP contribution in [-0.4, -0.2) is 24.4 Å². The summed E-state index contributed by atoms with van der Waals surface area (Å²) in [6.07, 6.45) is 1.17. The van der Waals surface area contributed by atoms with E-state index in [1.165, 1.54) is 0 Å². The van der Waals surface area contributed by atoms with E-state index in [-0.39, 0.29) is 17.9 Å². The molecule has 1 aliphatic heterocycles. The highest BCUT2D eigenvalue weighted by Crippen LogP contribution is 2.18. The lowest BCUT2D eigenvalue weighted by Crippen LogP contribution is -2.47. The normalized spacial score (nSPS) is 19.2. The molecule has 0 radical (unpaired) electrons.